The third kappa shape index (κ3) is 8.17. The van der Waals surface area contributed by atoms with Crippen LogP contribution < -0.4 is 0 Å². The van der Waals surface area contributed by atoms with E-state index < -0.39 is 24.6 Å². The molecule has 13 nitrogen and oxygen atoms in total. The van der Waals surface area contributed by atoms with E-state index >= 15 is 0 Å². The molecule has 0 unspecified atom stereocenters. The Morgan fingerprint density at radius 3 is 2.35 bits per heavy atom. The van der Waals surface area contributed by atoms with E-state index in [1.165, 1.54) is 0 Å². The molecule has 0 spiro atoms. The summed E-state index contributed by atoms with van der Waals surface area (Å²) in [5, 5.41) is 3.88. The first kappa shape index (κ1) is 39.3. The third-order valence-electron chi connectivity index (χ3n) is 12.8. The van der Waals surface area contributed by atoms with Crippen molar-refractivity contribution in [3.8, 4) is 0 Å². The zero-order chi connectivity index (χ0) is 37.1. The van der Waals surface area contributed by atoms with Gasteiger partial charge in [-0.3, -0.25) is 9.59 Å². The number of hydrogen-bond donors (Lipinski definition) is 0. The Balaban J connectivity index is 1.21. The lowest BCUT2D eigenvalue weighted by Gasteiger charge is -2.44. The summed E-state index contributed by atoms with van der Waals surface area (Å²) in [6, 6.07) is -0.240. The predicted molar refractivity (Wildman–Crippen MR) is 190 cm³/mol. The van der Waals surface area contributed by atoms with E-state index in [1.807, 2.05) is 27.7 Å². The lowest BCUT2D eigenvalue weighted by molar-refractivity contribution is -0.314. The van der Waals surface area contributed by atoms with Crippen LogP contribution in [0.2, 0.25) is 0 Å². The molecular weight excluding hydrogens is 670 g/mol. The minimum Gasteiger partial charge on any atom is -0.462 e. The molecule has 6 rings (SSSR count). The molecule has 3 heterocycles. The molecule has 0 amide bonds. The Morgan fingerprint density at radius 1 is 0.885 bits per heavy atom. The number of esters is 1. The highest BCUT2D eigenvalue weighted by Crippen LogP contribution is 2.54. The zero-order valence-electron chi connectivity index (χ0n) is 31.8. The first-order chi connectivity index (χ1) is 25.1. The van der Waals surface area contributed by atoms with Gasteiger partial charge in [-0.15, -0.1) is 0 Å². The lowest BCUT2D eigenvalue weighted by atomic mass is 9.70. The molecule has 1 saturated carbocycles. The third-order valence-corrected chi connectivity index (χ3v) is 12.8. The van der Waals surface area contributed by atoms with E-state index in [-0.39, 0.29) is 96.5 Å². The maximum absolute atomic E-state index is 14.6. The molecule has 52 heavy (non-hydrogen) atoms. The number of ether oxygens (including phenoxy) is 8. The van der Waals surface area contributed by atoms with Crippen molar-refractivity contribution in [2.24, 2.45) is 40.6 Å². The number of methoxy groups -OCH3 is 3. The number of ketones is 1. The van der Waals surface area contributed by atoms with Crippen LogP contribution in [-0.4, -0.2) is 101 Å². The minimum atomic E-state index is -0.611. The smallest absolute Gasteiger partial charge is 0.306 e. The van der Waals surface area contributed by atoms with Gasteiger partial charge in [0.25, 0.3) is 0 Å². The average Bonchev–Trinajstić information content (AvgIpc) is 3.71. The topological polar surface area (TPSA) is 157 Å². The quantitative estimate of drug-likeness (QED) is 0.0876. The zero-order valence-corrected chi connectivity index (χ0v) is 31.8. The predicted octanol–water partition coefficient (Wildman–Crippen LogP) is 6.24. The summed E-state index contributed by atoms with van der Waals surface area (Å²) in [6.45, 7) is 7.85. The molecule has 13 heteroatoms. The number of allylic oxidation sites excluding steroid dienone is 4. The number of cyclic esters (lactones) is 1. The maximum Gasteiger partial charge on any atom is 0.306 e. The summed E-state index contributed by atoms with van der Waals surface area (Å²) in [5.74, 6) is -0.287. The molecule has 4 fully saturated rings. The lowest BCUT2D eigenvalue weighted by Crippen LogP contribution is -2.59. The van der Waals surface area contributed by atoms with Gasteiger partial charge < -0.3 is 37.9 Å². The van der Waals surface area contributed by atoms with Crippen LogP contribution in [-0.2, 0) is 47.5 Å². The Kier molecular flexibility index (Phi) is 13.2. The van der Waals surface area contributed by atoms with Crippen molar-refractivity contribution in [3.63, 3.8) is 0 Å². The van der Waals surface area contributed by atoms with Gasteiger partial charge in [0, 0.05) is 38.1 Å². The van der Waals surface area contributed by atoms with Gasteiger partial charge in [0.05, 0.1) is 36.9 Å². The molecule has 0 bridgehead atoms. The van der Waals surface area contributed by atoms with Crippen LogP contribution in [0.25, 0.3) is 10.4 Å². The molecule has 17 atom stereocenters. The van der Waals surface area contributed by atoms with Gasteiger partial charge in [-0.05, 0) is 100.0 Å². The number of hydrogen-bond acceptors (Lipinski definition) is 11. The number of rotatable bonds is 9. The standard InChI is InChI=1S/C39H59N3O10/c1-8-24-10-9-11-32(52-34-15-14-31(41-42-40)21(3)48-34)20(2)35(44)30-18-28-26(29(30)19-33(43)50-24)13-12-23-16-25(17-27(23)28)51-39-38(47-7)37(46-6)36(45-5)22(4)49-39/h12-13,18,20-29,31-32,34,36-39H,8-11,14-17,19H2,1-7H3/t20-,21-,22+,23-,24+,25-,26-,27-,28-,29+,31-,32-,34+,36+,37-,38-,39+/m1/s1. The van der Waals surface area contributed by atoms with E-state index in [0.717, 1.165) is 31.3 Å². The van der Waals surface area contributed by atoms with E-state index in [1.54, 1.807) is 21.3 Å². The molecule has 0 aromatic heterocycles. The van der Waals surface area contributed by atoms with E-state index in [2.05, 4.69) is 28.3 Å². The van der Waals surface area contributed by atoms with Crippen molar-refractivity contribution in [3.05, 3.63) is 34.2 Å². The van der Waals surface area contributed by atoms with Gasteiger partial charge in [0.15, 0.2) is 18.4 Å². The number of fused-ring (bicyclic) bond motifs is 5. The van der Waals surface area contributed by atoms with Gasteiger partial charge in [0.2, 0.25) is 0 Å². The summed E-state index contributed by atoms with van der Waals surface area (Å²) < 4.78 is 49.1. The van der Waals surface area contributed by atoms with Gasteiger partial charge in [-0.1, -0.05) is 37.2 Å². The van der Waals surface area contributed by atoms with E-state index in [9.17, 15) is 9.59 Å². The number of azide groups is 1. The second-order valence-electron chi connectivity index (χ2n) is 15.7. The average molecular weight is 730 g/mol. The molecule has 6 aliphatic rings. The monoisotopic (exact) mass is 729 g/mol. The fourth-order valence-corrected chi connectivity index (χ4v) is 9.94. The van der Waals surface area contributed by atoms with Gasteiger partial charge in [-0.2, -0.15) is 0 Å². The van der Waals surface area contributed by atoms with Crippen LogP contribution >= 0.6 is 0 Å². The van der Waals surface area contributed by atoms with E-state index in [4.69, 9.17) is 43.4 Å². The molecule has 3 aliphatic heterocycles. The van der Waals surface area contributed by atoms with Crippen LogP contribution in [0.1, 0.15) is 85.5 Å². The normalized spacial score (nSPS) is 45.4. The van der Waals surface area contributed by atoms with Crippen molar-refractivity contribution in [2.75, 3.05) is 21.3 Å². The molecular formula is C39H59N3O10. The largest absolute Gasteiger partial charge is 0.462 e. The first-order valence-corrected chi connectivity index (χ1v) is 19.5. The summed E-state index contributed by atoms with van der Waals surface area (Å²) >= 11 is 0. The van der Waals surface area contributed by atoms with Gasteiger partial charge >= 0.3 is 5.97 Å². The van der Waals surface area contributed by atoms with Crippen LogP contribution in [0.3, 0.4) is 0 Å². The Labute approximate surface area is 308 Å². The molecule has 0 N–H and O–H groups in total. The number of carbonyl (C=O) groups excluding carboxylic acids is 2. The fraction of sp³-hybridized carbons (Fsp3) is 0.846. The second kappa shape index (κ2) is 17.4. The molecule has 0 radical (unpaired) electrons. The molecule has 3 aliphatic carbocycles. The van der Waals surface area contributed by atoms with Crippen molar-refractivity contribution >= 4 is 11.8 Å². The van der Waals surface area contributed by atoms with Gasteiger partial charge in [-0.25, -0.2) is 0 Å². The second-order valence-corrected chi connectivity index (χ2v) is 15.7. The Morgan fingerprint density at radius 2 is 1.65 bits per heavy atom. The highest BCUT2D eigenvalue weighted by molar-refractivity contribution is 5.99. The fourth-order valence-electron chi connectivity index (χ4n) is 9.94. The SMILES string of the molecule is CC[C@H]1CCC[C@@H](O[C@H]2CC[C@@H](N=[N+]=[N-])[C@@H](C)O2)[C@@H](C)C(=O)C2=C[C@@H]3[C@@H](C=C[C@@H]4C[C@@H](O[C@@H]5O[C@@H](C)[C@H](OC)[C@@H](OC)[C@H]5OC)C[C@@H]34)[C@@H]2CC(=O)O1. The number of nitrogens with zero attached hydrogens (tertiary/aromatic N) is 3. The molecule has 0 aromatic carbocycles. The van der Waals surface area contributed by atoms with Gasteiger partial charge in [0.1, 0.15) is 24.4 Å². The molecule has 3 saturated heterocycles. The molecule has 0 aromatic rings. The van der Waals surface area contributed by atoms with Crippen molar-refractivity contribution < 1.29 is 47.5 Å². The number of carbonyl (C=O) groups is 2. The Hall–Kier alpha value is -2.35. The summed E-state index contributed by atoms with van der Waals surface area (Å²) in [4.78, 5) is 31.0. The highest BCUT2D eigenvalue weighted by atomic mass is 16.7. The van der Waals surface area contributed by atoms with Crippen LogP contribution in [0, 0.1) is 35.5 Å². The molecule has 290 valence electrons. The summed E-state index contributed by atoms with van der Waals surface area (Å²) in [5.41, 5.74) is 9.66. The summed E-state index contributed by atoms with van der Waals surface area (Å²) in [6.07, 6.45) is 9.23. The van der Waals surface area contributed by atoms with Crippen LogP contribution in [0.5, 0.6) is 0 Å². The van der Waals surface area contributed by atoms with Crippen LogP contribution in [0.15, 0.2) is 28.9 Å². The Bertz CT molecular complexity index is 1370. The number of Topliss-reactive ketones (excluding diaryl/α,β-unsaturated/α-hetero) is 1. The van der Waals surface area contributed by atoms with E-state index in [0.29, 0.717) is 25.7 Å². The minimum absolute atomic E-state index is 0.0132. The van der Waals surface area contributed by atoms with Crippen molar-refractivity contribution in [1.82, 2.24) is 0 Å². The maximum atomic E-state index is 14.6. The first-order valence-electron chi connectivity index (χ1n) is 19.5. The highest BCUT2D eigenvalue weighted by Gasteiger charge is 2.52. The van der Waals surface area contributed by atoms with Crippen molar-refractivity contribution in [2.45, 2.75) is 153 Å². The van der Waals surface area contributed by atoms with Crippen LogP contribution in [0.4, 0.5) is 0 Å². The van der Waals surface area contributed by atoms with Crippen molar-refractivity contribution in [1.29, 1.82) is 0 Å². The summed E-state index contributed by atoms with van der Waals surface area (Å²) in [7, 11) is 4.94.